The Kier molecular flexibility index (Phi) is 6.45. The first-order chi connectivity index (χ1) is 5.16. The molecule has 0 spiro atoms. The van der Waals surface area contributed by atoms with Crippen molar-refractivity contribution in [3.63, 3.8) is 0 Å². The van der Waals surface area contributed by atoms with Crippen LogP contribution in [0.3, 0.4) is 0 Å². The third-order valence-electron chi connectivity index (χ3n) is 1.44. The molecule has 0 radical (unpaired) electrons. The second-order valence-corrected chi connectivity index (χ2v) is 2.94. The number of rotatable bonds is 6. The standard InChI is InChI=1S/C7H20N4/c1-11(2)6-3-7(9)10-5-4-8/h7,10H,3-6,8-9H2,1-2H3. The number of nitrogens with one attached hydrogen (secondary N) is 1. The molecule has 1 unspecified atom stereocenters. The Labute approximate surface area is 68.9 Å². The number of hydrogen-bond acceptors (Lipinski definition) is 4. The van der Waals surface area contributed by atoms with Crippen molar-refractivity contribution in [1.82, 2.24) is 10.2 Å². The average Bonchev–Trinajstić information content (AvgIpc) is 1.97. The Balaban J connectivity index is 3.15. The van der Waals surface area contributed by atoms with Gasteiger partial charge in [0.25, 0.3) is 0 Å². The Morgan fingerprint density at radius 3 is 2.55 bits per heavy atom. The molecule has 0 aliphatic heterocycles. The minimum absolute atomic E-state index is 0.0842. The fourth-order valence-electron chi connectivity index (χ4n) is 0.768. The van der Waals surface area contributed by atoms with E-state index in [1.807, 2.05) is 14.1 Å². The summed E-state index contributed by atoms with van der Waals surface area (Å²) < 4.78 is 0. The minimum atomic E-state index is 0.0842. The van der Waals surface area contributed by atoms with Gasteiger partial charge in [-0.3, -0.25) is 0 Å². The summed E-state index contributed by atoms with van der Waals surface area (Å²) in [5.41, 5.74) is 11.0. The molecular weight excluding hydrogens is 140 g/mol. The molecule has 0 aromatic rings. The molecule has 1 atom stereocenters. The van der Waals surface area contributed by atoms with Gasteiger partial charge in [-0.15, -0.1) is 0 Å². The van der Waals surface area contributed by atoms with Gasteiger partial charge in [0.1, 0.15) is 0 Å². The predicted octanol–water partition coefficient (Wildman–Crippen LogP) is -1.23. The van der Waals surface area contributed by atoms with E-state index in [2.05, 4.69) is 10.2 Å². The molecule has 0 aromatic heterocycles. The summed E-state index contributed by atoms with van der Waals surface area (Å²) >= 11 is 0. The van der Waals surface area contributed by atoms with E-state index in [1.54, 1.807) is 0 Å². The van der Waals surface area contributed by atoms with Crippen LogP contribution in [0.4, 0.5) is 0 Å². The Hall–Kier alpha value is -0.160. The lowest BCUT2D eigenvalue weighted by molar-refractivity contribution is 0.362. The van der Waals surface area contributed by atoms with Crippen LogP contribution in [-0.2, 0) is 0 Å². The van der Waals surface area contributed by atoms with Gasteiger partial charge >= 0.3 is 0 Å². The summed E-state index contributed by atoms with van der Waals surface area (Å²) in [6.45, 7) is 2.46. The topological polar surface area (TPSA) is 67.3 Å². The molecule has 4 heteroatoms. The van der Waals surface area contributed by atoms with E-state index in [1.165, 1.54) is 0 Å². The van der Waals surface area contributed by atoms with Crippen LogP contribution >= 0.6 is 0 Å². The number of nitrogens with zero attached hydrogens (tertiary/aromatic N) is 1. The van der Waals surface area contributed by atoms with Gasteiger partial charge in [-0.1, -0.05) is 0 Å². The molecule has 0 saturated heterocycles. The molecule has 0 fully saturated rings. The van der Waals surface area contributed by atoms with Gasteiger partial charge in [0.2, 0.25) is 0 Å². The molecule has 0 amide bonds. The molecular formula is C7H20N4. The maximum absolute atomic E-state index is 5.71. The highest BCUT2D eigenvalue weighted by molar-refractivity contribution is 4.60. The number of hydrogen-bond donors (Lipinski definition) is 3. The largest absolute Gasteiger partial charge is 0.329 e. The van der Waals surface area contributed by atoms with Crippen molar-refractivity contribution in [3.8, 4) is 0 Å². The summed E-state index contributed by atoms with van der Waals surface area (Å²) in [5.74, 6) is 0. The monoisotopic (exact) mass is 160 g/mol. The van der Waals surface area contributed by atoms with Crippen LogP contribution in [-0.4, -0.2) is 44.8 Å². The molecule has 0 bridgehead atoms. The van der Waals surface area contributed by atoms with E-state index in [9.17, 15) is 0 Å². The fraction of sp³-hybridized carbons (Fsp3) is 1.00. The van der Waals surface area contributed by atoms with E-state index in [-0.39, 0.29) is 6.17 Å². The highest BCUT2D eigenvalue weighted by Gasteiger charge is 1.99. The first kappa shape index (κ1) is 10.8. The van der Waals surface area contributed by atoms with Crippen molar-refractivity contribution >= 4 is 0 Å². The SMILES string of the molecule is CN(C)CCC(N)NCCN. The van der Waals surface area contributed by atoms with Crippen molar-refractivity contribution < 1.29 is 0 Å². The second-order valence-electron chi connectivity index (χ2n) is 2.94. The first-order valence-corrected chi connectivity index (χ1v) is 4.00. The fourth-order valence-corrected chi connectivity index (χ4v) is 0.768. The van der Waals surface area contributed by atoms with Gasteiger partial charge in [-0.25, -0.2) is 0 Å². The van der Waals surface area contributed by atoms with E-state index < -0.39 is 0 Å². The van der Waals surface area contributed by atoms with Crippen molar-refractivity contribution in [2.75, 3.05) is 33.7 Å². The third kappa shape index (κ3) is 7.74. The lowest BCUT2D eigenvalue weighted by Crippen LogP contribution is -2.41. The summed E-state index contributed by atoms with van der Waals surface area (Å²) in [4.78, 5) is 2.12. The highest BCUT2D eigenvalue weighted by atomic mass is 15.1. The second kappa shape index (κ2) is 6.54. The zero-order valence-electron chi connectivity index (χ0n) is 7.51. The molecule has 0 saturated carbocycles. The van der Waals surface area contributed by atoms with Crippen LogP contribution in [0.2, 0.25) is 0 Å². The summed E-state index contributed by atoms with van der Waals surface area (Å²) in [6, 6.07) is 0. The van der Waals surface area contributed by atoms with Crippen LogP contribution in [0.5, 0.6) is 0 Å². The highest BCUT2D eigenvalue weighted by Crippen LogP contribution is 1.85. The van der Waals surface area contributed by atoms with Crippen LogP contribution in [0.1, 0.15) is 6.42 Å². The van der Waals surface area contributed by atoms with Gasteiger partial charge in [-0.2, -0.15) is 0 Å². The Morgan fingerprint density at radius 2 is 2.09 bits per heavy atom. The molecule has 0 heterocycles. The van der Waals surface area contributed by atoms with Gasteiger partial charge in [-0.05, 0) is 20.5 Å². The quantitative estimate of drug-likeness (QED) is 0.426. The maximum Gasteiger partial charge on any atom is 0.0559 e. The molecule has 11 heavy (non-hydrogen) atoms. The molecule has 68 valence electrons. The minimum Gasteiger partial charge on any atom is -0.329 e. The van der Waals surface area contributed by atoms with E-state index in [4.69, 9.17) is 11.5 Å². The third-order valence-corrected chi connectivity index (χ3v) is 1.44. The molecule has 0 aromatic carbocycles. The Morgan fingerprint density at radius 1 is 1.45 bits per heavy atom. The molecule has 0 rings (SSSR count). The van der Waals surface area contributed by atoms with Crippen LogP contribution < -0.4 is 16.8 Å². The van der Waals surface area contributed by atoms with Crippen LogP contribution in [0.25, 0.3) is 0 Å². The van der Waals surface area contributed by atoms with Crippen molar-refractivity contribution in [2.24, 2.45) is 11.5 Å². The van der Waals surface area contributed by atoms with E-state index in [0.29, 0.717) is 6.54 Å². The normalized spacial score (nSPS) is 13.9. The molecule has 0 aliphatic rings. The smallest absolute Gasteiger partial charge is 0.0559 e. The predicted molar refractivity (Wildman–Crippen MR) is 48.2 cm³/mol. The zero-order chi connectivity index (χ0) is 8.69. The summed E-state index contributed by atoms with van der Waals surface area (Å²) in [5, 5.41) is 3.11. The lowest BCUT2D eigenvalue weighted by atomic mass is 10.3. The van der Waals surface area contributed by atoms with E-state index in [0.717, 1.165) is 19.5 Å². The van der Waals surface area contributed by atoms with Crippen LogP contribution in [0.15, 0.2) is 0 Å². The summed E-state index contributed by atoms with van der Waals surface area (Å²) in [6.07, 6.45) is 1.05. The lowest BCUT2D eigenvalue weighted by Gasteiger charge is -2.15. The van der Waals surface area contributed by atoms with Gasteiger partial charge in [0.15, 0.2) is 0 Å². The first-order valence-electron chi connectivity index (χ1n) is 4.00. The van der Waals surface area contributed by atoms with E-state index >= 15 is 0 Å². The zero-order valence-corrected chi connectivity index (χ0v) is 7.51. The molecule has 4 nitrogen and oxygen atoms in total. The van der Waals surface area contributed by atoms with Gasteiger partial charge in [0.05, 0.1) is 6.17 Å². The average molecular weight is 160 g/mol. The van der Waals surface area contributed by atoms with Crippen molar-refractivity contribution in [1.29, 1.82) is 0 Å². The number of nitrogens with two attached hydrogens (primary N) is 2. The molecule has 0 aliphatic carbocycles. The van der Waals surface area contributed by atoms with Gasteiger partial charge in [0, 0.05) is 19.6 Å². The van der Waals surface area contributed by atoms with Gasteiger partial charge < -0.3 is 21.7 Å². The molecule has 5 N–H and O–H groups in total. The summed E-state index contributed by atoms with van der Waals surface area (Å²) in [7, 11) is 4.07. The maximum atomic E-state index is 5.71. The Bertz CT molecular complexity index is 84.5. The van der Waals surface area contributed by atoms with Crippen LogP contribution in [0, 0.1) is 0 Å². The van der Waals surface area contributed by atoms with Crippen molar-refractivity contribution in [3.05, 3.63) is 0 Å². The van der Waals surface area contributed by atoms with Crippen molar-refractivity contribution in [2.45, 2.75) is 12.6 Å².